The number of benzene rings is 1. The van der Waals surface area contributed by atoms with E-state index in [0.717, 1.165) is 31.2 Å². The second-order valence-corrected chi connectivity index (χ2v) is 10.7. The fraction of sp³-hybridized carbons (Fsp3) is 0.654. The number of nitrogens with zero attached hydrogens (tertiary/aromatic N) is 1. The van der Waals surface area contributed by atoms with Crippen LogP contribution in [0.25, 0.3) is 0 Å². The maximum Gasteiger partial charge on any atom is 0.513 e. The molecule has 0 radical (unpaired) electrons. The molecule has 1 unspecified atom stereocenters. The van der Waals surface area contributed by atoms with Gasteiger partial charge >= 0.3 is 18.2 Å². The molecule has 34 heavy (non-hydrogen) atoms. The van der Waals surface area contributed by atoms with Crippen molar-refractivity contribution in [3.63, 3.8) is 0 Å². The van der Waals surface area contributed by atoms with E-state index >= 15 is 0 Å². The molecule has 1 aliphatic heterocycles. The van der Waals surface area contributed by atoms with Gasteiger partial charge in [0.25, 0.3) is 0 Å². The van der Waals surface area contributed by atoms with E-state index in [-0.39, 0.29) is 16.5 Å². The number of carbonyl (C=O) groups is 3. The first-order chi connectivity index (χ1) is 16.1. The number of quaternary nitrogens is 1. The zero-order valence-electron chi connectivity index (χ0n) is 20.6. The van der Waals surface area contributed by atoms with Crippen molar-refractivity contribution >= 4 is 18.2 Å². The summed E-state index contributed by atoms with van der Waals surface area (Å²) in [7, 11) is 0. The van der Waals surface area contributed by atoms with Crippen molar-refractivity contribution in [2.24, 2.45) is 5.92 Å². The molecule has 1 atom stereocenters. The quantitative estimate of drug-likeness (QED) is 0.431. The van der Waals surface area contributed by atoms with Gasteiger partial charge in [0.05, 0.1) is 13.1 Å². The summed E-state index contributed by atoms with van der Waals surface area (Å²) in [4.78, 5) is 37.6. The largest absolute Gasteiger partial charge is 0.513 e. The van der Waals surface area contributed by atoms with Crippen molar-refractivity contribution < 1.29 is 33.4 Å². The summed E-state index contributed by atoms with van der Waals surface area (Å²) in [5, 5.41) is 12.7. The second-order valence-electron chi connectivity index (χ2n) is 10.7. The van der Waals surface area contributed by atoms with Crippen LogP contribution in [-0.4, -0.2) is 58.6 Å². The van der Waals surface area contributed by atoms with Crippen LogP contribution in [0.5, 0.6) is 0 Å². The van der Waals surface area contributed by atoms with E-state index in [1.807, 2.05) is 30.3 Å². The van der Waals surface area contributed by atoms with Crippen molar-refractivity contribution in [2.75, 3.05) is 13.1 Å². The molecule has 1 aliphatic carbocycles. The van der Waals surface area contributed by atoms with E-state index in [1.54, 1.807) is 20.8 Å². The summed E-state index contributed by atoms with van der Waals surface area (Å²) in [6.45, 7) is 6.71. The van der Waals surface area contributed by atoms with E-state index in [4.69, 9.17) is 9.47 Å². The van der Waals surface area contributed by atoms with Crippen molar-refractivity contribution in [2.45, 2.75) is 90.0 Å². The molecular formula is C26H39N2O6+. The Labute approximate surface area is 202 Å². The highest BCUT2D eigenvalue weighted by molar-refractivity contribution is 5.81. The highest BCUT2D eigenvalue weighted by Crippen LogP contribution is 2.30. The maximum absolute atomic E-state index is 13.0. The van der Waals surface area contributed by atoms with Crippen LogP contribution in [0, 0.1) is 5.92 Å². The third kappa shape index (κ3) is 7.45. The number of nitrogens with one attached hydrogen (secondary N) is 1. The van der Waals surface area contributed by atoms with Crippen LogP contribution in [0.15, 0.2) is 30.3 Å². The zero-order chi connectivity index (χ0) is 24.8. The van der Waals surface area contributed by atoms with Gasteiger partial charge in [0.1, 0.15) is 24.3 Å². The fourth-order valence-corrected chi connectivity index (χ4v) is 4.95. The molecule has 1 aromatic rings. The average Bonchev–Trinajstić information content (AvgIpc) is 3.27. The Morgan fingerprint density at radius 3 is 2.24 bits per heavy atom. The Morgan fingerprint density at radius 2 is 1.68 bits per heavy atom. The molecule has 188 valence electrons. The van der Waals surface area contributed by atoms with Crippen molar-refractivity contribution in [3.8, 4) is 0 Å². The van der Waals surface area contributed by atoms with Gasteiger partial charge in [0.2, 0.25) is 0 Å². The molecule has 2 aliphatic rings. The first kappa shape index (κ1) is 26.0. The summed E-state index contributed by atoms with van der Waals surface area (Å²) >= 11 is 0. The second kappa shape index (κ2) is 11.2. The van der Waals surface area contributed by atoms with Gasteiger partial charge in [-0.1, -0.05) is 30.3 Å². The summed E-state index contributed by atoms with van der Waals surface area (Å²) < 4.78 is 11.1. The molecule has 2 amide bonds. The van der Waals surface area contributed by atoms with E-state index < -0.39 is 29.8 Å². The molecule has 1 heterocycles. The third-order valence-corrected chi connectivity index (χ3v) is 6.79. The zero-order valence-corrected chi connectivity index (χ0v) is 20.6. The van der Waals surface area contributed by atoms with Crippen LogP contribution in [0.2, 0.25) is 0 Å². The minimum atomic E-state index is -0.827. The number of hydrogen-bond donors (Lipinski definition) is 2. The van der Waals surface area contributed by atoms with Gasteiger partial charge in [0, 0.05) is 18.4 Å². The molecule has 0 bridgehead atoms. The number of amides is 2. The number of esters is 1. The van der Waals surface area contributed by atoms with E-state index in [9.17, 15) is 19.5 Å². The number of ether oxygens (including phenoxy) is 2. The highest BCUT2D eigenvalue weighted by Gasteiger charge is 2.42. The Balaban J connectivity index is 1.64. The minimum Gasteiger partial charge on any atom is -0.461 e. The smallest absolute Gasteiger partial charge is 0.461 e. The van der Waals surface area contributed by atoms with Gasteiger partial charge in [-0.05, 0) is 58.8 Å². The predicted molar refractivity (Wildman–Crippen MR) is 127 cm³/mol. The number of hydrogen-bond acceptors (Lipinski definition) is 5. The monoisotopic (exact) mass is 475 g/mol. The number of carbonyl (C=O) groups excluding carboxylic acids is 2. The Kier molecular flexibility index (Phi) is 8.57. The van der Waals surface area contributed by atoms with Gasteiger partial charge in [-0.2, -0.15) is 4.79 Å². The Bertz CT molecular complexity index is 837. The molecule has 3 rings (SSSR count). The predicted octanol–water partition coefficient (Wildman–Crippen LogP) is 4.86. The Hall–Kier alpha value is -2.61. The number of rotatable bonds is 7. The normalized spacial score (nSPS) is 24.3. The molecule has 1 aromatic carbocycles. The first-order valence-corrected chi connectivity index (χ1v) is 12.4. The lowest BCUT2D eigenvalue weighted by Gasteiger charge is -2.39. The fourth-order valence-electron chi connectivity index (χ4n) is 4.95. The number of piperidine rings is 1. The van der Waals surface area contributed by atoms with Crippen molar-refractivity contribution in [1.29, 1.82) is 0 Å². The summed E-state index contributed by atoms with van der Waals surface area (Å²) in [5.74, 6) is -0.316. The van der Waals surface area contributed by atoms with Crippen LogP contribution in [-0.2, 0) is 20.8 Å². The third-order valence-electron chi connectivity index (χ3n) is 6.79. The number of carboxylic acid groups (broad SMARTS) is 1. The van der Waals surface area contributed by atoms with Crippen LogP contribution in [0.1, 0.15) is 71.3 Å². The Morgan fingerprint density at radius 1 is 1.06 bits per heavy atom. The lowest BCUT2D eigenvalue weighted by molar-refractivity contribution is -0.877. The minimum absolute atomic E-state index is 0.0167. The van der Waals surface area contributed by atoms with Crippen LogP contribution in [0.4, 0.5) is 9.59 Å². The van der Waals surface area contributed by atoms with Crippen LogP contribution >= 0.6 is 0 Å². The lowest BCUT2D eigenvalue weighted by atomic mass is 9.88. The van der Waals surface area contributed by atoms with Crippen LogP contribution < -0.4 is 5.32 Å². The summed E-state index contributed by atoms with van der Waals surface area (Å²) in [6, 6.07) is 8.86. The maximum atomic E-state index is 13.0. The molecule has 2 fully saturated rings. The molecule has 0 aromatic heterocycles. The number of likely N-dealkylation sites (tertiary alicyclic amines) is 1. The molecule has 8 nitrogen and oxygen atoms in total. The lowest BCUT2D eigenvalue weighted by Crippen LogP contribution is -2.56. The number of alkyl carbamates (subject to hydrolysis) is 1. The van der Waals surface area contributed by atoms with E-state index in [1.165, 1.54) is 0 Å². The molecule has 1 saturated heterocycles. The highest BCUT2D eigenvalue weighted by atomic mass is 16.6. The van der Waals surface area contributed by atoms with Gasteiger partial charge in [-0.25, -0.2) is 14.1 Å². The SMILES string of the molecule is CC(C)(C)OC(=O)NC(CC1CC[N+](Cc2ccccc2)(C(=O)O)CC1)C(=O)OC1CCCC1. The van der Waals surface area contributed by atoms with E-state index in [0.29, 0.717) is 38.9 Å². The average molecular weight is 476 g/mol. The molecule has 0 spiro atoms. The van der Waals surface area contributed by atoms with Gasteiger partial charge < -0.3 is 19.9 Å². The van der Waals surface area contributed by atoms with Crippen molar-refractivity contribution in [3.05, 3.63) is 35.9 Å². The molecular weight excluding hydrogens is 436 g/mol. The van der Waals surface area contributed by atoms with Crippen molar-refractivity contribution in [1.82, 2.24) is 5.32 Å². The van der Waals surface area contributed by atoms with Gasteiger partial charge in [-0.3, -0.25) is 0 Å². The molecule has 2 N–H and O–H groups in total. The topological polar surface area (TPSA) is 102 Å². The molecule has 1 saturated carbocycles. The first-order valence-electron chi connectivity index (χ1n) is 12.4. The van der Waals surface area contributed by atoms with Crippen LogP contribution in [0.3, 0.4) is 0 Å². The molecule has 8 heteroatoms. The van der Waals surface area contributed by atoms with Gasteiger partial charge in [-0.15, -0.1) is 0 Å². The standard InChI is InChI=1S/C26H38N2O6/c1-26(2,3)34-24(30)27-22(23(29)33-21-11-7-8-12-21)17-19-13-15-28(16-14-19,25(31)32)18-20-9-5-4-6-10-20/h4-6,9-10,19,21-22H,7-8,11-18H2,1-3H3,(H-,27,30,31,32)/p+1. The summed E-state index contributed by atoms with van der Waals surface area (Å²) in [6.07, 6.45) is 3.95. The van der Waals surface area contributed by atoms with E-state index in [2.05, 4.69) is 5.32 Å². The summed E-state index contributed by atoms with van der Waals surface area (Å²) in [5.41, 5.74) is 0.318. The van der Waals surface area contributed by atoms with Gasteiger partial charge in [0.15, 0.2) is 0 Å².